The minimum atomic E-state index is -0.246. The van der Waals surface area contributed by atoms with Crippen molar-refractivity contribution in [2.45, 2.75) is 19.4 Å². The van der Waals surface area contributed by atoms with E-state index in [1.165, 1.54) is 6.07 Å². The number of nitrogens with two attached hydrogens (primary N) is 1. The quantitative estimate of drug-likeness (QED) is 0.660. The largest absolute Gasteiger partial charge is 0.489 e. The lowest BCUT2D eigenvalue weighted by atomic mass is 9.99. The van der Waals surface area contributed by atoms with Gasteiger partial charge in [0, 0.05) is 30.8 Å². The van der Waals surface area contributed by atoms with Gasteiger partial charge in [0.25, 0.3) is 0 Å². The van der Waals surface area contributed by atoms with Gasteiger partial charge in [-0.05, 0) is 61.4 Å². The molecule has 6 heteroatoms. The summed E-state index contributed by atoms with van der Waals surface area (Å²) in [4.78, 5) is 4.40. The van der Waals surface area contributed by atoms with Crippen LogP contribution in [0.2, 0.25) is 0 Å². The molecule has 0 spiro atoms. The first kappa shape index (κ1) is 19.2. The van der Waals surface area contributed by atoms with Gasteiger partial charge in [0.2, 0.25) is 0 Å². The number of halogens is 1. The van der Waals surface area contributed by atoms with Crippen molar-refractivity contribution in [2.75, 3.05) is 18.8 Å². The Bertz CT molecular complexity index is 995. The van der Waals surface area contributed by atoms with Gasteiger partial charge in [0.15, 0.2) is 0 Å². The second-order valence-electron chi connectivity index (χ2n) is 7.32. The van der Waals surface area contributed by atoms with E-state index in [0.717, 1.165) is 31.0 Å². The third-order valence-electron chi connectivity index (χ3n) is 5.04. The number of aryl methyl sites for hydroxylation is 1. The molecule has 0 amide bonds. The van der Waals surface area contributed by atoms with Crippen LogP contribution in [0.15, 0.2) is 60.7 Å². The first-order valence-electron chi connectivity index (χ1n) is 9.70. The van der Waals surface area contributed by atoms with Crippen LogP contribution < -0.4 is 20.5 Å². The van der Waals surface area contributed by atoms with Gasteiger partial charge in [0.1, 0.15) is 35.0 Å². The first-order chi connectivity index (χ1) is 14.1. The van der Waals surface area contributed by atoms with E-state index in [1.807, 2.05) is 36.4 Å². The summed E-state index contributed by atoms with van der Waals surface area (Å²) in [5.41, 5.74) is 7.31. The molecule has 1 aliphatic heterocycles. The summed E-state index contributed by atoms with van der Waals surface area (Å²) < 4.78 is 25.6. The predicted octanol–water partition coefficient (Wildman–Crippen LogP) is 4.11. The summed E-state index contributed by atoms with van der Waals surface area (Å²) in [7, 11) is 0. The molecular formula is C23H24FN3O2. The molecule has 5 nitrogen and oxygen atoms in total. The highest BCUT2D eigenvalue weighted by atomic mass is 19.1. The number of hydrogen-bond donors (Lipinski definition) is 2. The second-order valence-corrected chi connectivity index (χ2v) is 7.32. The average Bonchev–Trinajstić information content (AvgIpc) is 3.12. The van der Waals surface area contributed by atoms with Crippen molar-refractivity contribution in [2.24, 2.45) is 5.92 Å². The summed E-state index contributed by atoms with van der Waals surface area (Å²) in [6, 6.07) is 17.9. The van der Waals surface area contributed by atoms with E-state index >= 15 is 0 Å². The van der Waals surface area contributed by atoms with E-state index in [4.69, 9.17) is 15.2 Å². The van der Waals surface area contributed by atoms with Crippen LogP contribution in [0.3, 0.4) is 0 Å². The van der Waals surface area contributed by atoms with E-state index in [0.29, 0.717) is 28.8 Å². The zero-order valence-electron chi connectivity index (χ0n) is 16.3. The molecule has 0 radical (unpaired) electrons. The number of hydrogen-bond acceptors (Lipinski definition) is 5. The van der Waals surface area contributed by atoms with Crippen molar-refractivity contribution in [3.63, 3.8) is 0 Å². The first-order valence-corrected chi connectivity index (χ1v) is 9.70. The highest BCUT2D eigenvalue weighted by Crippen LogP contribution is 2.28. The summed E-state index contributed by atoms with van der Waals surface area (Å²) in [5, 5.41) is 3.39. The predicted molar refractivity (Wildman–Crippen MR) is 111 cm³/mol. The molecule has 1 aromatic heterocycles. The number of anilines is 1. The van der Waals surface area contributed by atoms with Crippen LogP contribution in [0.25, 0.3) is 0 Å². The summed E-state index contributed by atoms with van der Waals surface area (Å²) in [6.07, 6.45) is 0.829. The number of pyridine rings is 1. The molecule has 150 valence electrons. The molecular weight excluding hydrogens is 369 g/mol. The van der Waals surface area contributed by atoms with Crippen LogP contribution in [0.4, 0.5) is 10.2 Å². The number of nitrogen functional groups attached to an aromatic ring is 1. The molecule has 2 atom stereocenters. The fourth-order valence-corrected chi connectivity index (χ4v) is 3.53. The highest BCUT2D eigenvalue weighted by molar-refractivity contribution is 5.38. The molecule has 0 aliphatic carbocycles. The van der Waals surface area contributed by atoms with Crippen LogP contribution in [-0.2, 0) is 6.42 Å². The van der Waals surface area contributed by atoms with Gasteiger partial charge in [-0.15, -0.1) is 0 Å². The smallest absolute Gasteiger partial charge is 0.131 e. The van der Waals surface area contributed by atoms with Crippen LogP contribution in [0.1, 0.15) is 11.3 Å². The Hall–Kier alpha value is -3.12. The van der Waals surface area contributed by atoms with E-state index < -0.39 is 0 Å². The van der Waals surface area contributed by atoms with Crippen molar-refractivity contribution in [3.8, 4) is 17.2 Å². The van der Waals surface area contributed by atoms with Crippen LogP contribution in [0, 0.1) is 18.7 Å². The van der Waals surface area contributed by atoms with E-state index in [1.54, 1.807) is 25.1 Å². The Morgan fingerprint density at radius 2 is 1.83 bits per heavy atom. The topological polar surface area (TPSA) is 69.4 Å². The minimum Gasteiger partial charge on any atom is -0.489 e. The fourth-order valence-electron chi connectivity index (χ4n) is 3.53. The van der Waals surface area contributed by atoms with E-state index in [-0.39, 0.29) is 11.9 Å². The zero-order valence-corrected chi connectivity index (χ0v) is 16.3. The number of rotatable bonds is 6. The van der Waals surface area contributed by atoms with Crippen LogP contribution in [0.5, 0.6) is 17.2 Å². The SMILES string of the molecule is Cc1cc(Oc2cccc(O[C@H]3CNC[C@H]3Cc3cccc(N)n3)c2)ccc1F. The Labute approximate surface area is 169 Å². The van der Waals surface area contributed by atoms with Gasteiger partial charge in [-0.3, -0.25) is 0 Å². The number of ether oxygens (including phenoxy) is 2. The summed E-state index contributed by atoms with van der Waals surface area (Å²) in [6.45, 7) is 3.35. The monoisotopic (exact) mass is 393 g/mol. The summed E-state index contributed by atoms with van der Waals surface area (Å²) in [5.74, 6) is 2.56. The highest BCUT2D eigenvalue weighted by Gasteiger charge is 2.29. The molecule has 3 N–H and O–H groups in total. The molecule has 2 heterocycles. The average molecular weight is 393 g/mol. The maximum Gasteiger partial charge on any atom is 0.131 e. The third-order valence-corrected chi connectivity index (χ3v) is 5.04. The lowest BCUT2D eigenvalue weighted by molar-refractivity contribution is 0.172. The Balaban J connectivity index is 1.43. The maximum absolute atomic E-state index is 13.5. The Kier molecular flexibility index (Phi) is 5.62. The third kappa shape index (κ3) is 4.84. The van der Waals surface area contributed by atoms with Crippen LogP contribution >= 0.6 is 0 Å². The molecule has 3 aromatic rings. The van der Waals surface area contributed by atoms with Crippen molar-refractivity contribution in [3.05, 3.63) is 77.7 Å². The molecule has 1 fully saturated rings. The molecule has 0 saturated carbocycles. The lowest BCUT2D eigenvalue weighted by Crippen LogP contribution is -2.27. The molecule has 0 bridgehead atoms. The van der Waals surface area contributed by atoms with Crippen molar-refractivity contribution < 1.29 is 13.9 Å². The maximum atomic E-state index is 13.5. The van der Waals surface area contributed by atoms with Crippen LogP contribution in [-0.4, -0.2) is 24.2 Å². The lowest BCUT2D eigenvalue weighted by Gasteiger charge is -2.20. The zero-order chi connectivity index (χ0) is 20.2. The van der Waals surface area contributed by atoms with Gasteiger partial charge in [0.05, 0.1) is 0 Å². The van der Waals surface area contributed by atoms with E-state index in [9.17, 15) is 4.39 Å². The van der Waals surface area contributed by atoms with Gasteiger partial charge >= 0.3 is 0 Å². The molecule has 2 aromatic carbocycles. The number of nitrogens with one attached hydrogen (secondary N) is 1. The standard InChI is InChI=1S/C23H24FN3O2/c1-15-10-20(8-9-21(15)24)28-18-5-3-6-19(12-18)29-22-14-26-13-16(22)11-17-4-2-7-23(25)27-17/h2-10,12,16,22,26H,11,13-14H2,1H3,(H2,25,27)/t16-,22+/m1/s1. The number of benzene rings is 2. The summed E-state index contributed by atoms with van der Waals surface area (Å²) >= 11 is 0. The Morgan fingerprint density at radius 1 is 1.03 bits per heavy atom. The van der Waals surface area contributed by atoms with Gasteiger partial charge in [-0.25, -0.2) is 9.37 Å². The molecule has 4 rings (SSSR count). The molecule has 1 aliphatic rings. The molecule has 29 heavy (non-hydrogen) atoms. The van der Waals surface area contributed by atoms with Crippen molar-refractivity contribution in [1.29, 1.82) is 0 Å². The number of aromatic nitrogens is 1. The van der Waals surface area contributed by atoms with Crippen molar-refractivity contribution >= 4 is 5.82 Å². The molecule has 1 saturated heterocycles. The molecule has 0 unspecified atom stereocenters. The fraction of sp³-hybridized carbons (Fsp3) is 0.261. The van der Waals surface area contributed by atoms with Gasteiger partial charge < -0.3 is 20.5 Å². The Morgan fingerprint density at radius 3 is 2.66 bits per heavy atom. The normalized spacial score (nSPS) is 18.6. The van der Waals surface area contributed by atoms with E-state index in [2.05, 4.69) is 10.3 Å². The second kappa shape index (κ2) is 8.49. The number of nitrogens with zero attached hydrogens (tertiary/aromatic N) is 1. The minimum absolute atomic E-state index is 0.0292. The van der Waals surface area contributed by atoms with Gasteiger partial charge in [-0.2, -0.15) is 0 Å². The van der Waals surface area contributed by atoms with Gasteiger partial charge in [-0.1, -0.05) is 12.1 Å². The van der Waals surface area contributed by atoms with Crippen molar-refractivity contribution in [1.82, 2.24) is 10.3 Å².